The Morgan fingerprint density at radius 2 is 1.92 bits per heavy atom. The first-order chi connectivity index (χ1) is 11.6. The molecule has 2 aromatic heterocycles. The van der Waals surface area contributed by atoms with Gasteiger partial charge in [-0.3, -0.25) is 4.68 Å². The van der Waals surface area contributed by atoms with Crippen LogP contribution < -0.4 is 4.90 Å². The van der Waals surface area contributed by atoms with Crippen molar-refractivity contribution >= 4 is 11.9 Å². The molecule has 126 valence electrons. The van der Waals surface area contributed by atoms with Crippen molar-refractivity contribution in [2.24, 2.45) is 0 Å². The maximum Gasteiger partial charge on any atom is 0.339 e. The predicted molar refractivity (Wildman–Crippen MR) is 88.3 cm³/mol. The van der Waals surface area contributed by atoms with E-state index in [9.17, 15) is 9.90 Å². The average Bonchev–Trinajstić information content (AvgIpc) is 3.19. The van der Waals surface area contributed by atoms with E-state index < -0.39 is 5.97 Å². The summed E-state index contributed by atoms with van der Waals surface area (Å²) in [4.78, 5) is 22.3. The molecule has 1 saturated heterocycles. The fourth-order valence-electron chi connectivity index (χ4n) is 3.59. The van der Waals surface area contributed by atoms with Crippen LogP contribution >= 0.6 is 0 Å². The van der Waals surface area contributed by atoms with E-state index in [2.05, 4.69) is 26.9 Å². The Morgan fingerprint density at radius 3 is 2.50 bits per heavy atom. The van der Waals surface area contributed by atoms with Gasteiger partial charge in [-0.1, -0.05) is 6.92 Å². The third kappa shape index (κ3) is 2.53. The Hall–Kier alpha value is -2.44. The van der Waals surface area contributed by atoms with Gasteiger partial charge >= 0.3 is 5.97 Å². The number of hydrogen-bond donors (Lipinski definition) is 1. The maximum atomic E-state index is 11.6. The Labute approximate surface area is 140 Å². The summed E-state index contributed by atoms with van der Waals surface area (Å²) in [5.74, 6) is -0.114. The lowest BCUT2D eigenvalue weighted by Gasteiger charge is -2.33. The van der Waals surface area contributed by atoms with Crippen LogP contribution in [0.2, 0.25) is 0 Å². The van der Waals surface area contributed by atoms with E-state index in [1.54, 1.807) is 12.4 Å². The summed E-state index contributed by atoms with van der Waals surface area (Å²) in [6.45, 7) is 3.85. The predicted octanol–water partition coefficient (Wildman–Crippen LogP) is 2.26. The van der Waals surface area contributed by atoms with Gasteiger partial charge in [0.2, 0.25) is 5.95 Å². The Bertz CT molecular complexity index is 746. The van der Waals surface area contributed by atoms with E-state index in [0.29, 0.717) is 5.56 Å². The number of carboxylic acid groups (broad SMARTS) is 1. The van der Waals surface area contributed by atoms with E-state index in [1.807, 2.05) is 10.7 Å². The minimum atomic E-state index is -0.875. The molecule has 0 spiro atoms. The minimum Gasteiger partial charge on any atom is -0.478 e. The highest BCUT2D eigenvalue weighted by molar-refractivity contribution is 5.89. The Balaban J connectivity index is 1.55. The number of carbonyl (C=O) groups is 1. The van der Waals surface area contributed by atoms with Gasteiger partial charge in [0.05, 0.1) is 17.9 Å². The monoisotopic (exact) mass is 327 g/mol. The quantitative estimate of drug-likeness (QED) is 0.927. The van der Waals surface area contributed by atoms with Crippen LogP contribution in [0.1, 0.15) is 54.7 Å². The van der Waals surface area contributed by atoms with Crippen molar-refractivity contribution in [2.75, 3.05) is 18.0 Å². The molecule has 3 heterocycles. The molecule has 0 aromatic carbocycles. The van der Waals surface area contributed by atoms with Gasteiger partial charge in [-0.15, -0.1) is 0 Å². The molecule has 7 nitrogen and oxygen atoms in total. The number of aromatic nitrogens is 4. The molecule has 1 aliphatic carbocycles. The largest absolute Gasteiger partial charge is 0.478 e. The van der Waals surface area contributed by atoms with E-state index in [4.69, 9.17) is 0 Å². The van der Waals surface area contributed by atoms with Gasteiger partial charge < -0.3 is 10.0 Å². The van der Waals surface area contributed by atoms with Crippen molar-refractivity contribution in [3.05, 3.63) is 35.9 Å². The molecule has 1 aliphatic heterocycles. The lowest BCUT2D eigenvalue weighted by Crippen LogP contribution is -2.36. The second-order valence-electron chi connectivity index (χ2n) is 6.98. The van der Waals surface area contributed by atoms with Crippen molar-refractivity contribution in [2.45, 2.75) is 44.1 Å². The first-order valence-corrected chi connectivity index (χ1v) is 8.42. The standard InChI is InChI=1S/C17H21N5O2/c1-17(5-6-17)14-13(15(23)24)11-20-22(14)12-3-9-21(10-4-12)16-18-7-2-8-19-16/h2,7-8,11-12H,3-6,9-10H2,1H3,(H,23,24). The minimum absolute atomic E-state index is 0.0239. The van der Waals surface area contributed by atoms with Crippen molar-refractivity contribution in [3.63, 3.8) is 0 Å². The molecule has 1 N–H and O–H groups in total. The van der Waals surface area contributed by atoms with Crippen molar-refractivity contribution in [1.29, 1.82) is 0 Å². The van der Waals surface area contributed by atoms with E-state index >= 15 is 0 Å². The summed E-state index contributed by atoms with van der Waals surface area (Å²) in [5.41, 5.74) is 1.25. The topological polar surface area (TPSA) is 84.1 Å². The molecule has 0 amide bonds. The number of hydrogen-bond acceptors (Lipinski definition) is 5. The van der Waals surface area contributed by atoms with Gasteiger partial charge in [-0.2, -0.15) is 5.10 Å². The molecule has 0 radical (unpaired) electrons. The summed E-state index contributed by atoms with van der Waals surface area (Å²) in [5, 5.41) is 13.9. The number of rotatable bonds is 4. The lowest BCUT2D eigenvalue weighted by atomic mass is 9.98. The van der Waals surface area contributed by atoms with E-state index in [1.165, 1.54) is 6.20 Å². The zero-order valence-electron chi connectivity index (χ0n) is 13.7. The summed E-state index contributed by atoms with van der Waals surface area (Å²) in [6.07, 6.45) is 8.95. The third-order valence-corrected chi connectivity index (χ3v) is 5.24. The van der Waals surface area contributed by atoms with Crippen molar-refractivity contribution in [1.82, 2.24) is 19.7 Å². The molecular formula is C17H21N5O2. The normalized spacial score (nSPS) is 20.1. The van der Waals surface area contributed by atoms with Crippen LogP contribution in [0.4, 0.5) is 5.95 Å². The molecule has 4 rings (SSSR count). The highest BCUT2D eigenvalue weighted by atomic mass is 16.4. The zero-order chi connectivity index (χ0) is 16.7. The molecule has 7 heteroatoms. The fourth-order valence-corrected chi connectivity index (χ4v) is 3.59. The number of aromatic carboxylic acids is 1. The summed E-state index contributed by atoms with van der Waals surface area (Å²) in [6, 6.07) is 2.06. The van der Waals surface area contributed by atoms with Crippen LogP contribution in [0.25, 0.3) is 0 Å². The third-order valence-electron chi connectivity index (χ3n) is 5.24. The summed E-state index contributed by atoms with van der Waals surface area (Å²) >= 11 is 0. The maximum absolute atomic E-state index is 11.6. The van der Waals surface area contributed by atoms with Crippen molar-refractivity contribution < 1.29 is 9.90 Å². The molecule has 2 aromatic rings. The van der Waals surface area contributed by atoms with Crippen LogP contribution in [0.5, 0.6) is 0 Å². The molecule has 2 fully saturated rings. The average molecular weight is 327 g/mol. The SMILES string of the molecule is CC1(c2c(C(=O)O)cnn2C2CCN(c3ncccn3)CC2)CC1. The Kier molecular flexibility index (Phi) is 3.51. The second-order valence-corrected chi connectivity index (χ2v) is 6.98. The lowest BCUT2D eigenvalue weighted by molar-refractivity contribution is 0.0694. The van der Waals surface area contributed by atoms with Crippen LogP contribution in [0.3, 0.4) is 0 Å². The molecular weight excluding hydrogens is 306 g/mol. The fraction of sp³-hybridized carbons (Fsp3) is 0.529. The first kappa shape index (κ1) is 15.1. The van der Waals surface area contributed by atoms with Crippen LogP contribution in [0, 0.1) is 0 Å². The molecule has 2 aliphatic rings. The van der Waals surface area contributed by atoms with Gasteiger partial charge in [-0.25, -0.2) is 14.8 Å². The second kappa shape index (κ2) is 5.58. The Morgan fingerprint density at radius 1 is 1.25 bits per heavy atom. The summed E-state index contributed by atoms with van der Waals surface area (Å²) < 4.78 is 1.99. The zero-order valence-corrected chi connectivity index (χ0v) is 13.7. The number of piperidine rings is 1. The molecule has 0 bridgehead atoms. The molecule has 0 atom stereocenters. The van der Waals surface area contributed by atoms with E-state index in [-0.39, 0.29) is 11.5 Å². The van der Waals surface area contributed by atoms with Gasteiger partial charge in [0.15, 0.2) is 0 Å². The molecule has 1 saturated carbocycles. The van der Waals surface area contributed by atoms with Gasteiger partial charge in [-0.05, 0) is 31.7 Å². The summed E-state index contributed by atoms with van der Waals surface area (Å²) in [7, 11) is 0. The van der Waals surface area contributed by atoms with Gasteiger partial charge in [0.1, 0.15) is 5.56 Å². The molecule has 24 heavy (non-hydrogen) atoms. The van der Waals surface area contributed by atoms with Crippen LogP contribution in [-0.4, -0.2) is 43.9 Å². The first-order valence-electron chi connectivity index (χ1n) is 8.42. The highest BCUT2D eigenvalue weighted by Crippen LogP contribution is 2.49. The van der Waals surface area contributed by atoms with Crippen LogP contribution in [0.15, 0.2) is 24.7 Å². The highest BCUT2D eigenvalue weighted by Gasteiger charge is 2.45. The number of nitrogens with zero attached hydrogens (tertiary/aromatic N) is 5. The van der Waals surface area contributed by atoms with Crippen LogP contribution in [-0.2, 0) is 5.41 Å². The van der Waals surface area contributed by atoms with Gasteiger partial charge in [0.25, 0.3) is 0 Å². The number of carboxylic acids is 1. The number of anilines is 1. The molecule has 0 unspecified atom stereocenters. The smallest absolute Gasteiger partial charge is 0.339 e. The van der Waals surface area contributed by atoms with Crippen molar-refractivity contribution in [3.8, 4) is 0 Å². The van der Waals surface area contributed by atoms with Gasteiger partial charge in [0, 0.05) is 30.9 Å². The van der Waals surface area contributed by atoms with E-state index in [0.717, 1.165) is 50.4 Å².